The summed E-state index contributed by atoms with van der Waals surface area (Å²) in [5.74, 6) is -0.107. The minimum Gasteiger partial charge on any atom is -0.443 e. The molecule has 1 atom stereocenters. The first-order valence-corrected chi connectivity index (χ1v) is 16.9. The first kappa shape index (κ1) is 34.4. The second kappa shape index (κ2) is 13.1. The largest absolute Gasteiger partial charge is 0.443 e. The van der Waals surface area contributed by atoms with E-state index in [4.69, 9.17) is 24.2 Å². The highest BCUT2D eigenvalue weighted by molar-refractivity contribution is 7.15. The summed E-state index contributed by atoms with van der Waals surface area (Å²) >= 11 is 1.61. The minimum absolute atomic E-state index is 0.0402. The second-order valence-corrected chi connectivity index (χ2v) is 15.4. The molecule has 1 aliphatic rings. The number of benzene rings is 1. The van der Waals surface area contributed by atoms with Crippen LogP contribution in [0.15, 0.2) is 48.9 Å². The third-order valence-corrected chi connectivity index (χ3v) is 9.02. The van der Waals surface area contributed by atoms with Crippen molar-refractivity contribution in [2.24, 2.45) is 0 Å². The van der Waals surface area contributed by atoms with Crippen LogP contribution in [0.25, 0.3) is 38.2 Å². The Hall–Kier alpha value is -4.46. The monoisotopic (exact) mass is 688 g/mol. The first-order chi connectivity index (χ1) is 23.1. The van der Waals surface area contributed by atoms with Gasteiger partial charge in [0.05, 0.1) is 24.2 Å². The molecule has 1 saturated heterocycles. The SMILES string of the molecule is CN(C)Cc1nc(-c2cnc(N(C(=O)OC(C)(C)C)C(=O)OC(C)(C)C)c3cc(-c4cnc5cc(F)ccn45)ccc23)sc1C1CCOC1. The number of imide groups is 1. The van der Waals surface area contributed by atoms with Crippen LogP contribution >= 0.6 is 11.3 Å². The highest BCUT2D eigenvalue weighted by Crippen LogP contribution is 2.42. The van der Waals surface area contributed by atoms with Gasteiger partial charge < -0.3 is 19.1 Å². The number of pyridine rings is 2. The standard InChI is InChI=1S/C36H41FN6O5S/c1-35(2,3)47-33(44)43(34(45)48-36(4,5)6)31-25-15-21(28-18-38-29-16-23(37)11-13-42(28)29)9-10-24(25)26(17-39-31)32-40-27(19-41(7)8)30(49-32)22-12-14-46-20-22/h9-11,13,15-18,22H,12,14,19-20H2,1-8H3. The molecule has 6 rings (SSSR count). The number of carbonyl (C=O) groups is 2. The van der Waals surface area contributed by atoms with Crippen LogP contribution in [0.5, 0.6) is 0 Å². The van der Waals surface area contributed by atoms with E-state index in [1.54, 1.807) is 75.9 Å². The van der Waals surface area contributed by atoms with E-state index in [0.717, 1.165) is 27.6 Å². The molecule has 0 bridgehead atoms. The first-order valence-electron chi connectivity index (χ1n) is 16.1. The predicted octanol–water partition coefficient (Wildman–Crippen LogP) is 8.05. The number of halogens is 1. The molecule has 0 spiro atoms. The number of amides is 2. The molecule has 11 nitrogen and oxygen atoms in total. The topological polar surface area (TPSA) is 111 Å². The van der Waals surface area contributed by atoms with Gasteiger partial charge in [0.25, 0.3) is 0 Å². The average Bonchev–Trinajstić information content (AvgIpc) is 3.75. The highest BCUT2D eigenvalue weighted by atomic mass is 32.1. The molecule has 1 aromatic carbocycles. The van der Waals surface area contributed by atoms with Crippen molar-refractivity contribution < 1.29 is 28.2 Å². The quantitative estimate of drug-likeness (QED) is 0.175. The lowest BCUT2D eigenvalue weighted by atomic mass is 10.0. The third-order valence-electron chi connectivity index (χ3n) is 7.73. The van der Waals surface area contributed by atoms with Crippen LogP contribution in [0.1, 0.15) is 64.5 Å². The summed E-state index contributed by atoms with van der Waals surface area (Å²) in [6, 6.07) is 8.40. The maximum absolute atomic E-state index is 14.0. The number of rotatable bonds is 6. The van der Waals surface area contributed by atoms with Crippen LogP contribution in [0.4, 0.5) is 19.8 Å². The van der Waals surface area contributed by atoms with Crippen molar-refractivity contribution in [3.8, 4) is 21.8 Å². The van der Waals surface area contributed by atoms with Gasteiger partial charge in [0, 0.05) is 58.9 Å². The highest BCUT2D eigenvalue weighted by Gasteiger charge is 2.35. The van der Waals surface area contributed by atoms with E-state index >= 15 is 0 Å². The zero-order chi connectivity index (χ0) is 35.2. The van der Waals surface area contributed by atoms with Crippen LogP contribution in [0.2, 0.25) is 0 Å². The summed E-state index contributed by atoms with van der Waals surface area (Å²) in [7, 11) is 4.02. The fraction of sp³-hybridized carbons (Fsp3) is 0.417. The molecular formula is C36H41FN6O5S. The zero-order valence-electron chi connectivity index (χ0n) is 29.0. The normalized spacial score (nSPS) is 15.3. The van der Waals surface area contributed by atoms with Crippen molar-refractivity contribution in [3.05, 3.63) is 65.3 Å². The van der Waals surface area contributed by atoms with Crippen molar-refractivity contribution in [3.63, 3.8) is 0 Å². The number of anilines is 1. The van der Waals surface area contributed by atoms with Crippen LogP contribution in [0.3, 0.4) is 0 Å². The lowest BCUT2D eigenvalue weighted by Crippen LogP contribution is -2.44. The summed E-state index contributed by atoms with van der Waals surface area (Å²) in [6.45, 7) is 12.3. The molecule has 1 fully saturated rings. The molecule has 49 heavy (non-hydrogen) atoms. The van der Waals surface area contributed by atoms with Gasteiger partial charge in [0.1, 0.15) is 27.7 Å². The van der Waals surface area contributed by atoms with Crippen molar-refractivity contribution >= 4 is 45.8 Å². The van der Waals surface area contributed by atoms with Crippen LogP contribution in [0, 0.1) is 5.82 Å². The maximum atomic E-state index is 14.0. The van der Waals surface area contributed by atoms with E-state index < -0.39 is 29.2 Å². The lowest BCUT2D eigenvalue weighted by molar-refractivity contribution is 0.0429. The van der Waals surface area contributed by atoms with Crippen LogP contribution in [-0.4, -0.2) is 75.0 Å². The Morgan fingerprint density at radius 1 is 1.00 bits per heavy atom. The van der Waals surface area contributed by atoms with E-state index in [1.165, 1.54) is 17.0 Å². The van der Waals surface area contributed by atoms with Gasteiger partial charge in [-0.05, 0) is 79.6 Å². The fourth-order valence-corrected chi connectivity index (χ4v) is 6.94. The number of carbonyl (C=O) groups excluding carboxylic acids is 2. The fourth-order valence-electron chi connectivity index (χ4n) is 5.72. The van der Waals surface area contributed by atoms with Gasteiger partial charge in [0.2, 0.25) is 0 Å². The van der Waals surface area contributed by atoms with Gasteiger partial charge >= 0.3 is 12.2 Å². The van der Waals surface area contributed by atoms with Crippen molar-refractivity contribution in [1.29, 1.82) is 0 Å². The molecule has 0 saturated carbocycles. The molecule has 1 unspecified atom stereocenters. The smallest absolute Gasteiger partial charge is 0.425 e. The molecule has 0 aliphatic carbocycles. The molecule has 258 valence electrons. The molecular weight excluding hydrogens is 647 g/mol. The number of imidazole rings is 1. The molecule has 2 amide bonds. The molecule has 0 radical (unpaired) electrons. The van der Waals surface area contributed by atoms with Crippen LogP contribution < -0.4 is 4.90 Å². The molecule has 5 heterocycles. The Morgan fingerprint density at radius 3 is 2.35 bits per heavy atom. The summed E-state index contributed by atoms with van der Waals surface area (Å²) in [4.78, 5) is 46.0. The molecule has 5 aromatic rings. The number of hydrogen-bond acceptors (Lipinski definition) is 10. The zero-order valence-corrected chi connectivity index (χ0v) is 29.9. The summed E-state index contributed by atoms with van der Waals surface area (Å²) in [5, 5.41) is 1.96. The number of hydrogen-bond donors (Lipinski definition) is 0. The predicted molar refractivity (Wildman–Crippen MR) is 188 cm³/mol. The van der Waals surface area contributed by atoms with Crippen molar-refractivity contribution in [1.82, 2.24) is 24.3 Å². The Labute approximate surface area is 288 Å². The van der Waals surface area contributed by atoms with Crippen molar-refractivity contribution in [2.75, 3.05) is 32.2 Å². The Morgan fingerprint density at radius 2 is 1.71 bits per heavy atom. The van der Waals surface area contributed by atoms with E-state index in [1.807, 2.05) is 32.3 Å². The third kappa shape index (κ3) is 7.43. The second-order valence-electron chi connectivity index (χ2n) is 14.4. The number of aromatic nitrogens is 4. The van der Waals surface area contributed by atoms with Gasteiger partial charge in [0.15, 0.2) is 5.82 Å². The molecule has 1 aliphatic heterocycles. The van der Waals surface area contributed by atoms with E-state index in [2.05, 4.69) is 9.88 Å². The number of ether oxygens (including phenoxy) is 3. The number of fused-ring (bicyclic) bond motifs is 2. The summed E-state index contributed by atoms with van der Waals surface area (Å²) < 4.78 is 32.9. The average molecular weight is 689 g/mol. The summed E-state index contributed by atoms with van der Waals surface area (Å²) in [5.41, 5.74) is 1.73. The van der Waals surface area contributed by atoms with Gasteiger partial charge in [-0.3, -0.25) is 4.40 Å². The molecule has 0 N–H and O–H groups in total. The molecule has 13 heteroatoms. The Bertz CT molecular complexity index is 2010. The van der Waals surface area contributed by atoms with E-state index in [0.29, 0.717) is 47.4 Å². The summed E-state index contributed by atoms with van der Waals surface area (Å²) in [6.07, 6.45) is 3.97. The van der Waals surface area contributed by atoms with Crippen LogP contribution in [-0.2, 0) is 20.8 Å². The van der Waals surface area contributed by atoms with Crippen molar-refractivity contribution in [2.45, 2.75) is 71.6 Å². The maximum Gasteiger partial charge on any atom is 0.425 e. The van der Waals surface area contributed by atoms with E-state index in [9.17, 15) is 14.0 Å². The lowest BCUT2D eigenvalue weighted by Gasteiger charge is -2.28. The number of nitrogens with zero attached hydrogens (tertiary/aromatic N) is 6. The number of thiazole rings is 1. The van der Waals surface area contributed by atoms with Gasteiger partial charge in [-0.2, -0.15) is 4.90 Å². The minimum atomic E-state index is -0.926. The molecule has 4 aromatic heterocycles. The Balaban J connectivity index is 1.58. The van der Waals surface area contributed by atoms with Gasteiger partial charge in [-0.25, -0.2) is 28.9 Å². The van der Waals surface area contributed by atoms with E-state index in [-0.39, 0.29) is 11.7 Å². The van der Waals surface area contributed by atoms with Gasteiger partial charge in [-0.15, -0.1) is 11.3 Å². The van der Waals surface area contributed by atoms with Gasteiger partial charge in [-0.1, -0.05) is 12.1 Å². The Kier molecular flexibility index (Phi) is 9.20.